The van der Waals surface area contributed by atoms with E-state index in [1.165, 1.54) is 4.88 Å². The molecule has 0 atom stereocenters. The molecule has 0 aliphatic rings. The van der Waals surface area contributed by atoms with Crippen LogP contribution in [-0.4, -0.2) is 7.11 Å². The van der Waals surface area contributed by atoms with E-state index in [1.54, 1.807) is 18.4 Å². The maximum Gasteiger partial charge on any atom is 0.0730 e. The lowest BCUT2D eigenvalue weighted by Gasteiger charge is -2.02. The molecule has 2 rings (SSSR count). The van der Waals surface area contributed by atoms with Crippen molar-refractivity contribution in [1.82, 2.24) is 0 Å². The van der Waals surface area contributed by atoms with Crippen LogP contribution in [0, 0.1) is 6.92 Å². The number of fused-ring (bicyclic) bond motifs is 1. The highest BCUT2D eigenvalue weighted by Crippen LogP contribution is 2.39. The average Bonchev–Trinajstić information content (AvgIpc) is 2.51. The highest BCUT2D eigenvalue weighted by molar-refractivity contribution is 7.19. The van der Waals surface area contributed by atoms with Gasteiger partial charge in [0, 0.05) is 27.6 Å². The van der Waals surface area contributed by atoms with Crippen molar-refractivity contribution in [2.24, 2.45) is 0 Å². The zero-order valence-corrected chi connectivity index (χ0v) is 10.8. The van der Waals surface area contributed by atoms with Crippen LogP contribution in [0.5, 0.6) is 0 Å². The van der Waals surface area contributed by atoms with Gasteiger partial charge in [-0.3, -0.25) is 0 Å². The second-order valence-electron chi connectivity index (χ2n) is 3.30. The van der Waals surface area contributed by atoms with Gasteiger partial charge in [0.1, 0.15) is 0 Å². The normalized spacial score (nSPS) is 11.2. The van der Waals surface area contributed by atoms with E-state index < -0.39 is 0 Å². The monoisotopic (exact) mass is 260 g/mol. The first-order valence-corrected chi connectivity index (χ1v) is 6.07. The fraction of sp³-hybridized carbons (Fsp3) is 0.273. The Bertz CT molecular complexity index is 505. The molecule has 0 radical (unpaired) electrons. The largest absolute Gasteiger partial charge is 0.380 e. The number of rotatable bonds is 2. The lowest BCUT2D eigenvalue weighted by Crippen LogP contribution is -1.88. The minimum absolute atomic E-state index is 0.575. The Morgan fingerprint density at radius 2 is 2.07 bits per heavy atom. The average molecular weight is 261 g/mol. The molecule has 0 N–H and O–H groups in total. The van der Waals surface area contributed by atoms with Gasteiger partial charge in [0.25, 0.3) is 0 Å². The second kappa shape index (κ2) is 4.30. The molecule has 15 heavy (non-hydrogen) atoms. The van der Waals surface area contributed by atoms with Crippen LogP contribution in [0.2, 0.25) is 10.0 Å². The summed E-state index contributed by atoms with van der Waals surface area (Å²) in [4.78, 5) is 1.23. The van der Waals surface area contributed by atoms with Crippen molar-refractivity contribution < 1.29 is 4.74 Å². The number of halogens is 2. The Hall–Kier alpha value is -0.280. The van der Waals surface area contributed by atoms with E-state index in [0.29, 0.717) is 16.7 Å². The van der Waals surface area contributed by atoms with Crippen molar-refractivity contribution in [2.45, 2.75) is 13.5 Å². The standard InChI is InChI=1S/C11H10Cl2OS/c1-6-7(5-14-2)10-9(15-6)4-3-8(12)11(10)13/h3-4H,5H2,1-2H3. The molecule has 0 aliphatic carbocycles. The Labute approximate surface area is 103 Å². The quantitative estimate of drug-likeness (QED) is 0.763. The molecule has 0 saturated heterocycles. The van der Waals surface area contributed by atoms with Crippen molar-refractivity contribution in [3.8, 4) is 0 Å². The number of aryl methyl sites for hydroxylation is 1. The van der Waals surface area contributed by atoms with Gasteiger partial charge in [0.2, 0.25) is 0 Å². The summed E-state index contributed by atoms with van der Waals surface area (Å²) in [5, 5.41) is 2.26. The third-order valence-electron chi connectivity index (χ3n) is 2.34. The van der Waals surface area contributed by atoms with Crippen molar-refractivity contribution in [1.29, 1.82) is 0 Å². The van der Waals surface area contributed by atoms with Crippen molar-refractivity contribution in [2.75, 3.05) is 7.11 Å². The smallest absolute Gasteiger partial charge is 0.0730 e. The first-order chi connectivity index (χ1) is 7.15. The molecule has 1 aromatic heterocycles. The van der Waals surface area contributed by atoms with Gasteiger partial charge in [-0.25, -0.2) is 0 Å². The first kappa shape index (κ1) is 11.2. The maximum absolute atomic E-state index is 6.20. The Kier molecular flexibility index (Phi) is 3.21. The number of benzene rings is 1. The summed E-state index contributed by atoms with van der Waals surface area (Å²) >= 11 is 13.9. The van der Waals surface area contributed by atoms with Gasteiger partial charge >= 0.3 is 0 Å². The predicted molar refractivity (Wildman–Crippen MR) is 67.3 cm³/mol. The Morgan fingerprint density at radius 3 is 2.73 bits per heavy atom. The minimum atomic E-state index is 0.575. The second-order valence-corrected chi connectivity index (χ2v) is 5.35. The Balaban J connectivity index is 2.77. The molecule has 1 aromatic carbocycles. The van der Waals surface area contributed by atoms with E-state index in [0.717, 1.165) is 15.6 Å². The van der Waals surface area contributed by atoms with Crippen LogP contribution in [0.4, 0.5) is 0 Å². The van der Waals surface area contributed by atoms with Crippen molar-refractivity contribution in [3.05, 3.63) is 32.6 Å². The summed E-state index contributed by atoms with van der Waals surface area (Å²) in [6.45, 7) is 2.65. The summed E-state index contributed by atoms with van der Waals surface area (Å²) in [5.74, 6) is 0. The molecule has 0 aliphatic heterocycles. The molecule has 1 heterocycles. The minimum Gasteiger partial charge on any atom is -0.380 e. The molecule has 0 spiro atoms. The Morgan fingerprint density at radius 1 is 1.33 bits per heavy atom. The molecule has 0 bridgehead atoms. The first-order valence-electron chi connectivity index (χ1n) is 4.50. The number of thiophene rings is 1. The van der Waals surface area contributed by atoms with Gasteiger partial charge in [0.05, 0.1) is 16.7 Å². The van der Waals surface area contributed by atoms with E-state index in [1.807, 2.05) is 12.1 Å². The molecular weight excluding hydrogens is 251 g/mol. The summed E-state index contributed by atoms with van der Waals surface area (Å²) < 4.78 is 6.34. The highest BCUT2D eigenvalue weighted by atomic mass is 35.5. The van der Waals surface area contributed by atoms with Gasteiger partial charge in [-0.2, -0.15) is 0 Å². The molecule has 0 saturated carbocycles. The molecular formula is C11H10Cl2OS. The fourth-order valence-corrected chi connectivity index (χ4v) is 3.19. The summed E-state index contributed by atoms with van der Waals surface area (Å²) in [6, 6.07) is 3.83. The lowest BCUT2D eigenvalue weighted by atomic mass is 10.1. The van der Waals surface area contributed by atoms with Gasteiger partial charge in [-0.1, -0.05) is 23.2 Å². The highest BCUT2D eigenvalue weighted by Gasteiger charge is 2.13. The van der Waals surface area contributed by atoms with Crippen LogP contribution >= 0.6 is 34.5 Å². The van der Waals surface area contributed by atoms with Crippen molar-refractivity contribution >= 4 is 44.6 Å². The summed E-state index contributed by atoms with van der Waals surface area (Å²) in [6.07, 6.45) is 0. The van der Waals surface area contributed by atoms with Crippen LogP contribution in [0.25, 0.3) is 10.1 Å². The zero-order chi connectivity index (χ0) is 11.0. The molecule has 80 valence electrons. The molecule has 0 fully saturated rings. The number of methoxy groups -OCH3 is 1. The summed E-state index contributed by atoms with van der Waals surface area (Å²) in [5.41, 5.74) is 1.14. The van der Waals surface area contributed by atoms with Gasteiger partial charge in [-0.15, -0.1) is 11.3 Å². The van der Waals surface area contributed by atoms with Crippen LogP contribution < -0.4 is 0 Å². The molecule has 0 amide bonds. The summed E-state index contributed by atoms with van der Waals surface area (Å²) in [7, 11) is 1.68. The third-order valence-corrected chi connectivity index (χ3v) is 4.25. The van der Waals surface area contributed by atoms with E-state index in [2.05, 4.69) is 6.92 Å². The van der Waals surface area contributed by atoms with Gasteiger partial charge < -0.3 is 4.74 Å². The van der Waals surface area contributed by atoms with Crippen LogP contribution in [0.1, 0.15) is 10.4 Å². The SMILES string of the molecule is COCc1c(C)sc2ccc(Cl)c(Cl)c12. The molecule has 2 aromatic rings. The fourth-order valence-electron chi connectivity index (χ4n) is 1.62. The third kappa shape index (κ3) is 1.87. The lowest BCUT2D eigenvalue weighted by molar-refractivity contribution is 0.186. The van der Waals surface area contributed by atoms with E-state index in [4.69, 9.17) is 27.9 Å². The molecule has 4 heteroatoms. The molecule has 1 nitrogen and oxygen atoms in total. The van der Waals surface area contributed by atoms with Crippen LogP contribution in [0.15, 0.2) is 12.1 Å². The van der Waals surface area contributed by atoms with E-state index >= 15 is 0 Å². The number of hydrogen-bond donors (Lipinski definition) is 0. The van der Waals surface area contributed by atoms with Crippen LogP contribution in [-0.2, 0) is 11.3 Å². The predicted octanol–water partition coefficient (Wildman–Crippen LogP) is 4.66. The maximum atomic E-state index is 6.20. The number of ether oxygens (including phenoxy) is 1. The zero-order valence-electron chi connectivity index (χ0n) is 8.43. The van der Waals surface area contributed by atoms with Crippen molar-refractivity contribution in [3.63, 3.8) is 0 Å². The van der Waals surface area contributed by atoms with Gasteiger partial charge in [-0.05, 0) is 19.1 Å². The topological polar surface area (TPSA) is 9.23 Å². The van der Waals surface area contributed by atoms with E-state index in [9.17, 15) is 0 Å². The van der Waals surface area contributed by atoms with E-state index in [-0.39, 0.29) is 0 Å². The van der Waals surface area contributed by atoms with Gasteiger partial charge in [0.15, 0.2) is 0 Å². The molecule has 0 unspecified atom stereocenters. The van der Waals surface area contributed by atoms with Crippen LogP contribution in [0.3, 0.4) is 0 Å². The number of hydrogen-bond acceptors (Lipinski definition) is 2.